The average Bonchev–Trinajstić information content (AvgIpc) is 2.44. The second kappa shape index (κ2) is 5.01. The molecule has 0 spiro atoms. The van der Waals surface area contributed by atoms with Crippen molar-refractivity contribution in [3.05, 3.63) is 59.8 Å². The maximum absolute atomic E-state index is 13.7. The zero-order valence-corrected chi connectivity index (χ0v) is 11.2. The first-order valence-corrected chi connectivity index (χ1v) is 6.33. The number of nitrogens with two attached hydrogens (primary N) is 1. The Labute approximate surface area is 120 Å². The molecule has 2 aromatic carbocycles. The van der Waals surface area contributed by atoms with Gasteiger partial charge >= 0.3 is 0 Å². The lowest BCUT2D eigenvalue weighted by Gasteiger charge is -2.11. The van der Waals surface area contributed by atoms with E-state index in [-0.39, 0.29) is 5.75 Å². The largest absolute Gasteiger partial charge is 0.453 e. The number of aryl methyl sites for hydroxylation is 1. The van der Waals surface area contributed by atoms with Crippen LogP contribution in [0.3, 0.4) is 0 Å². The summed E-state index contributed by atoms with van der Waals surface area (Å²) in [6.07, 6.45) is 0. The third-order valence-electron chi connectivity index (χ3n) is 3.06. The fraction of sp³-hybridized carbons (Fsp3) is 0.0625. The minimum atomic E-state index is -1.02. The van der Waals surface area contributed by atoms with Gasteiger partial charge in [0.1, 0.15) is 5.75 Å². The first-order valence-electron chi connectivity index (χ1n) is 6.33. The molecule has 0 radical (unpaired) electrons. The minimum absolute atomic E-state index is 0.177. The number of nitrogen functional groups attached to an aromatic ring is 1. The highest BCUT2D eigenvalue weighted by Crippen LogP contribution is 2.32. The van der Waals surface area contributed by atoms with Crippen molar-refractivity contribution in [2.24, 2.45) is 0 Å². The zero-order chi connectivity index (χ0) is 15.0. The van der Waals surface area contributed by atoms with Crippen LogP contribution in [0.1, 0.15) is 5.69 Å². The van der Waals surface area contributed by atoms with Crippen LogP contribution < -0.4 is 10.5 Å². The maximum Gasteiger partial charge on any atom is 0.201 e. The Kier molecular flexibility index (Phi) is 3.17. The van der Waals surface area contributed by atoms with Crippen molar-refractivity contribution in [1.82, 2.24) is 4.98 Å². The van der Waals surface area contributed by atoms with Crippen LogP contribution in [-0.2, 0) is 0 Å². The number of ether oxygens (including phenoxy) is 1. The predicted octanol–water partition coefficient (Wildman–Crippen LogP) is 4.20. The quantitative estimate of drug-likeness (QED) is 0.718. The van der Waals surface area contributed by atoms with Gasteiger partial charge in [-0.25, -0.2) is 4.39 Å². The molecule has 0 fully saturated rings. The van der Waals surface area contributed by atoms with E-state index in [4.69, 9.17) is 10.5 Å². The first-order chi connectivity index (χ1) is 10.0. The Hall–Kier alpha value is -2.69. The summed E-state index contributed by atoms with van der Waals surface area (Å²) in [5, 5.41) is 0.643. The van der Waals surface area contributed by atoms with Crippen LogP contribution >= 0.6 is 0 Å². The molecule has 0 aliphatic rings. The Morgan fingerprint density at radius 2 is 1.86 bits per heavy atom. The van der Waals surface area contributed by atoms with E-state index >= 15 is 0 Å². The molecule has 0 saturated carbocycles. The van der Waals surface area contributed by atoms with Crippen LogP contribution in [0.15, 0.2) is 42.5 Å². The van der Waals surface area contributed by atoms with Crippen LogP contribution in [-0.4, -0.2) is 4.98 Å². The van der Waals surface area contributed by atoms with E-state index in [1.807, 2.05) is 0 Å². The summed E-state index contributed by atoms with van der Waals surface area (Å²) in [6.45, 7) is 1.80. The molecular formula is C16H12F2N2O. The lowest BCUT2D eigenvalue weighted by Crippen LogP contribution is -1.95. The summed E-state index contributed by atoms with van der Waals surface area (Å²) in [5.41, 5.74) is 7.68. The van der Waals surface area contributed by atoms with Crippen molar-refractivity contribution in [2.45, 2.75) is 6.92 Å². The summed E-state index contributed by atoms with van der Waals surface area (Å²) in [4.78, 5) is 4.36. The average molecular weight is 286 g/mol. The molecule has 0 bridgehead atoms. The molecule has 0 aliphatic heterocycles. The van der Waals surface area contributed by atoms with Gasteiger partial charge in [0.25, 0.3) is 0 Å². The number of hydrogen-bond acceptors (Lipinski definition) is 3. The van der Waals surface area contributed by atoms with Gasteiger partial charge in [-0.05, 0) is 37.3 Å². The molecule has 0 saturated heterocycles. The molecule has 3 aromatic rings. The predicted molar refractivity (Wildman–Crippen MR) is 77.3 cm³/mol. The number of pyridine rings is 1. The van der Waals surface area contributed by atoms with Crippen molar-refractivity contribution in [3.63, 3.8) is 0 Å². The summed E-state index contributed by atoms with van der Waals surface area (Å²) in [5.74, 6) is -1.77. The van der Waals surface area contributed by atoms with Gasteiger partial charge in [0.05, 0.1) is 5.52 Å². The van der Waals surface area contributed by atoms with Gasteiger partial charge in [-0.15, -0.1) is 0 Å². The topological polar surface area (TPSA) is 48.1 Å². The summed E-state index contributed by atoms with van der Waals surface area (Å²) >= 11 is 0. The molecule has 2 N–H and O–H groups in total. The van der Waals surface area contributed by atoms with Crippen molar-refractivity contribution in [2.75, 3.05) is 5.73 Å². The van der Waals surface area contributed by atoms with E-state index in [0.717, 1.165) is 6.07 Å². The van der Waals surface area contributed by atoms with E-state index in [0.29, 0.717) is 28.0 Å². The van der Waals surface area contributed by atoms with Gasteiger partial charge in [-0.3, -0.25) is 4.98 Å². The Morgan fingerprint density at radius 1 is 1.05 bits per heavy atom. The highest BCUT2D eigenvalue weighted by atomic mass is 19.2. The van der Waals surface area contributed by atoms with Gasteiger partial charge in [0.15, 0.2) is 11.6 Å². The smallest absolute Gasteiger partial charge is 0.201 e. The number of anilines is 1. The third-order valence-corrected chi connectivity index (χ3v) is 3.06. The number of benzene rings is 2. The van der Waals surface area contributed by atoms with Crippen LogP contribution in [0.4, 0.5) is 14.5 Å². The molecule has 1 heterocycles. The van der Waals surface area contributed by atoms with Gasteiger partial charge in [0, 0.05) is 22.8 Å². The van der Waals surface area contributed by atoms with E-state index in [2.05, 4.69) is 4.98 Å². The third kappa shape index (κ3) is 2.50. The lowest BCUT2D eigenvalue weighted by atomic mass is 10.1. The normalized spacial score (nSPS) is 10.8. The van der Waals surface area contributed by atoms with Crippen molar-refractivity contribution in [1.29, 1.82) is 0 Å². The van der Waals surface area contributed by atoms with Gasteiger partial charge in [-0.1, -0.05) is 6.07 Å². The van der Waals surface area contributed by atoms with Gasteiger partial charge in [-0.2, -0.15) is 4.39 Å². The molecule has 5 heteroatoms. The first kappa shape index (κ1) is 13.3. The SMILES string of the molecule is Cc1cc(Oc2cccc(F)c2F)c2cc(N)ccc2n1. The van der Waals surface area contributed by atoms with Gasteiger partial charge < -0.3 is 10.5 Å². The van der Waals surface area contributed by atoms with Crippen LogP contribution in [0.2, 0.25) is 0 Å². The van der Waals surface area contributed by atoms with Crippen molar-refractivity contribution >= 4 is 16.6 Å². The number of halogens is 2. The van der Waals surface area contributed by atoms with Gasteiger partial charge in [0.2, 0.25) is 5.82 Å². The van der Waals surface area contributed by atoms with Crippen LogP contribution in [0.5, 0.6) is 11.5 Å². The second-order valence-corrected chi connectivity index (χ2v) is 4.69. The molecule has 0 atom stereocenters. The number of aromatic nitrogens is 1. The van der Waals surface area contributed by atoms with E-state index < -0.39 is 11.6 Å². The second-order valence-electron chi connectivity index (χ2n) is 4.69. The molecular weight excluding hydrogens is 274 g/mol. The maximum atomic E-state index is 13.7. The van der Waals surface area contributed by atoms with E-state index in [1.54, 1.807) is 31.2 Å². The minimum Gasteiger partial charge on any atom is -0.453 e. The summed E-state index contributed by atoms with van der Waals surface area (Å²) in [7, 11) is 0. The highest BCUT2D eigenvalue weighted by molar-refractivity contribution is 5.88. The molecule has 0 unspecified atom stereocenters. The molecule has 3 rings (SSSR count). The monoisotopic (exact) mass is 286 g/mol. The molecule has 1 aromatic heterocycles. The number of fused-ring (bicyclic) bond motifs is 1. The zero-order valence-electron chi connectivity index (χ0n) is 11.2. The molecule has 106 valence electrons. The molecule has 0 aliphatic carbocycles. The molecule has 21 heavy (non-hydrogen) atoms. The Balaban J connectivity index is 2.15. The van der Waals surface area contributed by atoms with E-state index in [9.17, 15) is 8.78 Å². The van der Waals surface area contributed by atoms with Crippen LogP contribution in [0.25, 0.3) is 10.9 Å². The molecule has 0 amide bonds. The number of nitrogens with zero attached hydrogens (tertiary/aromatic N) is 1. The standard InChI is InChI=1S/C16H12F2N2O/c1-9-7-15(11-8-10(19)5-6-13(11)20-9)21-14-4-2-3-12(17)16(14)18/h2-8H,19H2,1H3. The fourth-order valence-corrected chi connectivity index (χ4v) is 2.10. The number of rotatable bonds is 2. The Morgan fingerprint density at radius 3 is 2.67 bits per heavy atom. The summed E-state index contributed by atoms with van der Waals surface area (Å²) < 4.78 is 32.5. The summed E-state index contributed by atoms with van der Waals surface area (Å²) in [6, 6.07) is 10.6. The highest BCUT2D eigenvalue weighted by Gasteiger charge is 2.12. The van der Waals surface area contributed by atoms with E-state index in [1.165, 1.54) is 12.1 Å². The fourth-order valence-electron chi connectivity index (χ4n) is 2.10. The number of hydrogen-bond donors (Lipinski definition) is 1. The van der Waals surface area contributed by atoms with Crippen molar-refractivity contribution in [3.8, 4) is 11.5 Å². The van der Waals surface area contributed by atoms with Crippen molar-refractivity contribution < 1.29 is 13.5 Å². The van der Waals surface area contributed by atoms with Crippen LogP contribution in [0, 0.1) is 18.6 Å². The Bertz CT molecular complexity index is 834. The molecule has 3 nitrogen and oxygen atoms in total. The lowest BCUT2D eigenvalue weighted by molar-refractivity contribution is 0.418.